The number of fused-ring (bicyclic) bond motifs is 4. The second-order valence-corrected chi connectivity index (χ2v) is 14.1. The summed E-state index contributed by atoms with van der Waals surface area (Å²) in [4.78, 5) is 12.8. The zero-order valence-electron chi connectivity index (χ0n) is 23.3. The van der Waals surface area contributed by atoms with E-state index in [4.69, 9.17) is 0 Å². The van der Waals surface area contributed by atoms with Crippen molar-refractivity contribution >= 4 is 5.78 Å². The van der Waals surface area contributed by atoms with E-state index in [1.165, 1.54) is 11.1 Å². The highest BCUT2D eigenvalue weighted by atomic mass is 16.3. The maximum atomic E-state index is 12.8. The van der Waals surface area contributed by atoms with Gasteiger partial charge in [0.25, 0.3) is 0 Å². The molecule has 0 aromatic rings. The number of aliphatic hydroxyl groups is 5. The third-order valence-electron chi connectivity index (χ3n) is 11.6. The molecule has 0 saturated heterocycles. The lowest BCUT2D eigenvalue weighted by Gasteiger charge is -2.61. The van der Waals surface area contributed by atoms with E-state index in [1.54, 1.807) is 19.9 Å². The summed E-state index contributed by atoms with van der Waals surface area (Å²) in [5, 5.41) is 53.5. The average molecular weight is 505 g/mol. The second-order valence-electron chi connectivity index (χ2n) is 14.1. The van der Waals surface area contributed by atoms with E-state index in [-0.39, 0.29) is 41.3 Å². The molecule has 8 atom stereocenters. The van der Waals surface area contributed by atoms with Crippen molar-refractivity contribution in [2.75, 3.05) is 6.61 Å². The molecule has 4 rings (SSSR count). The topological polar surface area (TPSA) is 118 Å². The molecule has 0 spiro atoms. The van der Waals surface area contributed by atoms with Crippen molar-refractivity contribution < 1.29 is 30.3 Å². The van der Waals surface area contributed by atoms with Gasteiger partial charge in [-0.1, -0.05) is 45.8 Å². The predicted octanol–water partition coefficient (Wildman–Crippen LogP) is 4.46. The van der Waals surface area contributed by atoms with Gasteiger partial charge in [-0.2, -0.15) is 0 Å². The molecule has 0 aliphatic heterocycles. The fourth-order valence-corrected chi connectivity index (χ4v) is 9.15. The van der Waals surface area contributed by atoms with Gasteiger partial charge in [0.15, 0.2) is 5.76 Å². The number of rotatable bonds is 6. The van der Waals surface area contributed by atoms with Gasteiger partial charge in [-0.25, -0.2) is 0 Å². The quantitative estimate of drug-likeness (QED) is 0.341. The van der Waals surface area contributed by atoms with Crippen LogP contribution in [0.4, 0.5) is 0 Å². The van der Waals surface area contributed by atoms with Gasteiger partial charge in [0, 0.05) is 22.9 Å². The summed E-state index contributed by atoms with van der Waals surface area (Å²) in [6, 6.07) is 0. The van der Waals surface area contributed by atoms with Gasteiger partial charge in [0.05, 0.1) is 17.8 Å². The Hall–Kier alpha value is -1.21. The lowest BCUT2D eigenvalue weighted by molar-refractivity contribution is -0.134. The third-order valence-corrected chi connectivity index (χ3v) is 11.6. The van der Waals surface area contributed by atoms with Crippen molar-refractivity contribution in [3.63, 3.8) is 0 Å². The molecule has 0 radical (unpaired) electrons. The summed E-state index contributed by atoms with van der Waals surface area (Å²) >= 11 is 0. The summed E-state index contributed by atoms with van der Waals surface area (Å²) in [7, 11) is 0. The Bertz CT molecular complexity index is 972. The maximum absolute atomic E-state index is 12.8. The molecule has 204 valence electrons. The zero-order valence-corrected chi connectivity index (χ0v) is 23.3. The Morgan fingerprint density at radius 3 is 2.31 bits per heavy atom. The lowest BCUT2D eigenvalue weighted by atomic mass is 9.44. The highest BCUT2D eigenvalue weighted by molar-refractivity contribution is 5.99. The van der Waals surface area contributed by atoms with Gasteiger partial charge in [0.2, 0.25) is 5.78 Å². The summed E-state index contributed by atoms with van der Waals surface area (Å²) in [5.74, 6) is -0.271. The van der Waals surface area contributed by atoms with E-state index in [0.29, 0.717) is 19.3 Å². The van der Waals surface area contributed by atoms with Crippen LogP contribution >= 0.6 is 0 Å². The lowest BCUT2D eigenvalue weighted by Crippen LogP contribution is -2.57. The van der Waals surface area contributed by atoms with Crippen LogP contribution in [-0.4, -0.2) is 55.7 Å². The van der Waals surface area contributed by atoms with Crippen LogP contribution in [-0.2, 0) is 4.79 Å². The number of ketones is 1. The molecule has 1 fully saturated rings. The van der Waals surface area contributed by atoms with Crippen LogP contribution in [0.25, 0.3) is 0 Å². The van der Waals surface area contributed by atoms with Crippen molar-refractivity contribution in [1.82, 2.24) is 0 Å². The Labute approximate surface area is 216 Å². The zero-order chi connectivity index (χ0) is 27.1. The Balaban J connectivity index is 1.73. The van der Waals surface area contributed by atoms with Crippen LogP contribution in [0.5, 0.6) is 0 Å². The summed E-state index contributed by atoms with van der Waals surface area (Å²) < 4.78 is 0. The van der Waals surface area contributed by atoms with Crippen LogP contribution in [0, 0.1) is 39.4 Å². The third kappa shape index (κ3) is 3.69. The number of allylic oxidation sites excluding steroid dienone is 3. The maximum Gasteiger partial charge on any atom is 0.202 e. The first-order valence-corrected chi connectivity index (χ1v) is 13.8. The van der Waals surface area contributed by atoms with Gasteiger partial charge < -0.3 is 25.5 Å². The second kappa shape index (κ2) is 8.65. The van der Waals surface area contributed by atoms with Crippen LogP contribution < -0.4 is 0 Å². The Morgan fingerprint density at radius 2 is 1.72 bits per heavy atom. The molecule has 36 heavy (non-hydrogen) atoms. The molecule has 6 heteroatoms. The minimum atomic E-state index is -1.19. The Morgan fingerprint density at radius 1 is 1.08 bits per heavy atom. The smallest absolute Gasteiger partial charge is 0.202 e. The number of hydrogen-bond donors (Lipinski definition) is 5. The van der Waals surface area contributed by atoms with Gasteiger partial charge in [-0.05, 0) is 88.0 Å². The summed E-state index contributed by atoms with van der Waals surface area (Å²) in [6.07, 6.45) is 5.31. The molecule has 1 saturated carbocycles. The highest BCUT2D eigenvalue weighted by Crippen LogP contribution is 2.71. The van der Waals surface area contributed by atoms with Crippen LogP contribution in [0.2, 0.25) is 0 Å². The van der Waals surface area contributed by atoms with E-state index in [9.17, 15) is 30.3 Å². The minimum Gasteiger partial charge on any atom is -0.505 e. The molecule has 4 aliphatic carbocycles. The first kappa shape index (κ1) is 27.8. The number of Topliss-reactive ketones (excluding diaryl/α,β-unsaturated/α-hetero) is 1. The minimum absolute atomic E-state index is 0.0137. The van der Waals surface area contributed by atoms with Crippen molar-refractivity contribution in [2.45, 2.75) is 111 Å². The van der Waals surface area contributed by atoms with E-state index in [0.717, 1.165) is 25.7 Å². The van der Waals surface area contributed by atoms with Crippen molar-refractivity contribution in [1.29, 1.82) is 0 Å². The fourth-order valence-electron chi connectivity index (χ4n) is 9.15. The SMILES string of the molecule is CC(C)(O)[C@H](O)CC[C@H](CO)[C@H]1CC[C@@]2(C)C3=C(C[C@H](O)[C@]12C)[C@@]1(C)C=C(O)C(=O)C(C)(C)[C@@H]1CC3. The van der Waals surface area contributed by atoms with Gasteiger partial charge in [0.1, 0.15) is 0 Å². The Kier molecular flexibility index (Phi) is 6.69. The molecule has 0 heterocycles. The molecule has 0 bridgehead atoms. The first-order chi connectivity index (χ1) is 16.5. The largest absolute Gasteiger partial charge is 0.505 e. The van der Waals surface area contributed by atoms with Crippen LogP contribution in [0.1, 0.15) is 93.4 Å². The molecule has 5 N–H and O–H groups in total. The van der Waals surface area contributed by atoms with Gasteiger partial charge in [-0.3, -0.25) is 4.79 Å². The van der Waals surface area contributed by atoms with E-state index >= 15 is 0 Å². The molecule has 0 amide bonds. The molecule has 6 nitrogen and oxygen atoms in total. The number of carbonyl (C=O) groups is 1. The van der Waals surface area contributed by atoms with Crippen molar-refractivity contribution in [3.8, 4) is 0 Å². The standard InChI is InChI=1S/C30H48O6/c1-26(2)22-10-9-19-20(28(22,5)15-21(32)25(26)35)14-24(34)30(7)18(12-13-29(19,30)6)17(16-31)8-11-23(33)27(3,4)36/h15,17-18,22-24,31-34,36H,8-14,16H2,1-7H3/t17-,18-,22+,23-,24+,28-,29+,30+/m1/s1. The molecule has 0 aromatic heterocycles. The fraction of sp³-hybridized carbons (Fsp3) is 0.833. The molecule has 4 aliphatic rings. The highest BCUT2D eigenvalue weighted by Gasteiger charge is 2.66. The molecular weight excluding hydrogens is 456 g/mol. The predicted molar refractivity (Wildman–Crippen MR) is 139 cm³/mol. The first-order valence-electron chi connectivity index (χ1n) is 13.8. The summed E-state index contributed by atoms with van der Waals surface area (Å²) in [6.45, 7) is 13.7. The number of aliphatic hydroxyl groups excluding tert-OH is 4. The average Bonchev–Trinajstić information content (AvgIpc) is 3.06. The van der Waals surface area contributed by atoms with Crippen LogP contribution in [0.3, 0.4) is 0 Å². The van der Waals surface area contributed by atoms with E-state index in [2.05, 4.69) is 20.8 Å². The van der Waals surface area contributed by atoms with Crippen molar-refractivity contribution in [2.24, 2.45) is 39.4 Å². The molecular formula is C30H48O6. The van der Waals surface area contributed by atoms with Crippen molar-refractivity contribution in [3.05, 3.63) is 23.0 Å². The van der Waals surface area contributed by atoms with E-state index in [1.807, 2.05) is 13.8 Å². The molecule has 0 unspecified atom stereocenters. The number of carbonyl (C=O) groups excluding carboxylic acids is 1. The summed E-state index contributed by atoms with van der Waals surface area (Å²) in [5.41, 5.74) is -0.466. The number of hydrogen-bond acceptors (Lipinski definition) is 6. The van der Waals surface area contributed by atoms with E-state index < -0.39 is 34.1 Å². The molecule has 0 aromatic carbocycles. The normalized spacial score (nSPS) is 41.8. The van der Waals surface area contributed by atoms with Gasteiger partial charge in [-0.15, -0.1) is 0 Å². The van der Waals surface area contributed by atoms with Crippen LogP contribution in [0.15, 0.2) is 23.0 Å². The monoisotopic (exact) mass is 504 g/mol. The van der Waals surface area contributed by atoms with Gasteiger partial charge >= 0.3 is 0 Å².